The molecule has 0 radical (unpaired) electrons. The first-order chi connectivity index (χ1) is 16.6. The normalized spacial score (nSPS) is 22.4. The van der Waals surface area contributed by atoms with Crippen molar-refractivity contribution >= 4 is 44.8 Å². The summed E-state index contributed by atoms with van der Waals surface area (Å²) in [4.78, 5) is 26.7. The van der Waals surface area contributed by atoms with Crippen molar-refractivity contribution in [3.8, 4) is 0 Å². The third-order valence-corrected chi connectivity index (χ3v) is 8.17. The average Bonchev–Trinajstić information content (AvgIpc) is 3.58. The molecule has 0 aliphatic carbocycles. The molecule has 2 N–H and O–H groups in total. The van der Waals surface area contributed by atoms with Crippen LogP contribution in [0.4, 0.5) is 0 Å². The first kappa shape index (κ1) is 19.8. The van der Waals surface area contributed by atoms with Crippen molar-refractivity contribution in [3.05, 3.63) is 71.5 Å². The molecular weight excluding hydrogens is 424 g/mol. The topological polar surface area (TPSA) is 68.1 Å². The van der Waals surface area contributed by atoms with E-state index in [1.807, 2.05) is 48.1 Å². The molecule has 1 saturated heterocycles. The molecule has 34 heavy (non-hydrogen) atoms. The number of rotatable bonds is 2. The standard InChI is InChI=1S/C28H26N4O2/c1-31-15-19(17-6-2-4-8-20(17)31)24-25(27(34)30-26(24)33)23-18-7-3-5-9-21(18)32-13-11-28(14-22(23)32)10-12-29-16-28/h2-9,15,29H,10-14,16H2,1H3,(H,30,33,34). The number of aryl methyl sites for hydroxylation is 2. The number of imide groups is 1. The molecule has 3 aliphatic heterocycles. The van der Waals surface area contributed by atoms with Crippen LogP contribution in [0, 0.1) is 5.41 Å². The summed E-state index contributed by atoms with van der Waals surface area (Å²) < 4.78 is 4.41. The number of aromatic nitrogens is 2. The molecule has 2 aromatic carbocycles. The predicted octanol–water partition coefficient (Wildman–Crippen LogP) is 3.63. The number of carbonyl (C=O) groups is 2. The van der Waals surface area contributed by atoms with E-state index < -0.39 is 0 Å². The van der Waals surface area contributed by atoms with E-state index in [2.05, 4.69) is 33.4 Å². The van der Waals surface area contributed by atoms with Gasteiger partial charge in [-0.1, -0.05) is 36.4 Å². The van der Waals surface area contributed by atoms with Crippen LogP contribution in [0.1, 0.15) is 29.7 Å². The molecule has 1 atom stereocenters. The van der Waals surface area contributed by atoms with Crippen LogP contribution < -0.4 is 10.6 Å². The van der Waals surface area contributed by atoms with Gasteiger partial charge in [0.1, 0.15) is 0 Å². The first-order valence-corrected chi connectivity index (χ1v) is 12.0. The van der Waals surface area contributed by atoms with Gasteiger partial charge in [0, 0.05) is 65.0 Å². The molecule has 4 aromatic rings. The SMILES string of the molecule is Cn1cc(C2=C(c3c4n(c5ccccc35)CCC3(CCNC3)C4)C(=O)NC2=O)c2ccccc21. The van der Waals surface area contributed by atoms with E-state index in [1.54, 1.807) is 0 Å². The van der Waals surface area contributed by atoms with Crippen LogP contribution in [0.2, 0.25) is 0 Å². The number of carbonyl (C=O) groups excluding carboxylic acids is 2. The van der Waals surface area contributed by atoms with E-state index in [1.165, 1.54) is 5.69 Å². The van der Waals surface area contributed by atoms with Crippen LogP contribution >= 0.6 is 0 Å². The quantitative estimate of drug-likeness (QED) is 0.459. The van der Waals surface area contributed by atoms with Crippen molar-refractivity contribution in [1.82, 2.24) is 19.8 Å². The van der Waals surface area contributed by atoms with Gasteiger partial charge >= 0.3 is 0 Å². The summed E-state index contributed by atoms with van der Waals surface area (Å²) in [5.74, 6) is -0.607. The zero-order valence-electron chi connectivity index (χ0n) is 19.1. The van der Waals surface area contributed by atoms with Gasteiger partial charge in [-0.3, -0.25) is 14.9 Å². The average molecular weight is 451 g/mol. The Morgan fingerprint density at radius 3 is 2.41 bits per heavy atom. The minimum Gasteiger partial charge on any atom is -0.350 e. The zero-order chi connectivity index (χ0) is 23.0. The fraction of sp³-hybridized carbons (Fsp3) is 0.286. The summed E-state index contributed by atoms with van der Waals surface area (Å²) in [6.45, 7) is 2.98. The second-order valence-corrected chi connectivity index (χ2v) is 10.0. The van der Waals surface area contributed by atoms with Gasteiger partial charge in [0.05, 0.1) is 11.1 Å². The number of hydrogen-bond donors (Lipinski definition) is 2. The van der Waals surface area contributed by atoms with Gasteiger partial charge in [-0.15, -0.1) is 0 Å². The summed E-state index contributed by atoms with van der Waals surface area (Å²) in [5.41, 5.74) is 6.36. The van der Waals surface area contributed by atoms with Crippen LogP contribution in [0.15, 0.2) is 54.7 Å². The van der Waals surface area contributed by atoms with Gasteiger partial charge in [0.15, 0.2) is 0 Å². The first-order valence-electron chi connectivity index (χ1n) is 12.0. The molecule has 0 bridgehead atoms. The Bertz CT molecular complexity index is 1560. The number of nitrogens with one attached hydrogen (secondary N) is 2. The lowest BCUT2D eigenvalue weighted by Gasteiger charge is -2.34. The van der Waals surface area contributed by atoms with Crippen molar-refractivity contribution in [2.24, 2.45) is 12.5 Å². The Kier molecular flexibility index (Phi) is 4.04. The third-order valence-electron chi connectivity index (χ3n) is 8.17. The third kappa shape index (κ3) is 2.60. The number of hydrogen-bond acceptors (Lipinski definition) is 3. The van der Waals surface area contributed by atoms with Crippen LogP contribution in [0.25, 0.3) is 33.0 Å². The highest BCUT2D eigenvalue weighted by atomic mass is 16.2. The maximum absolute atomic E-state index is 13.4. The lowest BCUT2D eigenvalue weighted by atomic mass is 9.76. The molecule has 170 valence electrons. The summed E-state index contributed by atoms with van der Waals surface area (Å²) in [6, 6.07) is 16.4. The second kappa shape index (κ2) is 6.93. The monoisotopic (exact) mass is 450 g/mol. The molecular formula is C28H26N4O2. The van der Waals surface area contributed by atoms with E-state index >= 15 is 0 Å². The summed E-state index contributed by atoms with van der Waals surface area (Å²) in [7, 11) is 1.98. The molecule has 2 amide bonds. The van der Waals surface area contributed by atoms with Gasteiger partial charge < -0.3 is 14.5 Å². The lowest BCUT2D eigenvalue weighted by Crippen LogP contribution is -2.34. The Balaban J connectivity index is 1.55. The highest BCUT2D eigenvalue weighted by Crippen LogP contribution is 2.46. The van der Waals surface area contributed by atoms with E-state index in [4.69, 9.17) is 0 Å². The van der Waals surface area contributed by atoms with Gasteiger partial charge in [0.2, 0.25) is 0 Å². The Hall–Kier alpha value is -3.64. The molecule has 6 nitrogen and oxygen atoms in total. The molecule has 3 aliphatic rings. The Morgan fingerprint density at radius 1 is 0.882 bits per heavy atom. The molecule has 2 aromatic heterocycles. The minimum absolute atomic E-state index is 0.221. The number of amides is 2. The minimum atomic E-state index is -0.312. The molecule has 6 heteroatoms. The van der Waals surface area contributed by atoms with E-state index in [0.717, 1.165) is 71.8 Å². The van der Waals surface area contributed by atoms with Crippen molar-refractivity contribution < 1.29 is 9.59 Å². The number of fused-ring (bicyclic) bond motifs is 4. The number of para-hydroxylation sites is 2. The highest BCUT2D eigenvalue weighted by molar-refractivity contribution is 6.51. The van der Waals surface area contributed by atoms with E-state index in [0.29, 0.717) is 11.1 Å². The van der Waals surface area contributed by atoms with Gasteiger partial charge in [-0.05, 0) is 43.4 Å². The van der Waals surface area contributed by atoms with Crippen molar-refractivity contribution in [2.75, 3.05) is 13.1 Å². The van der Waals surface area contributed by atoms with Gasteiger partial charge in [-0.25, -0.2) is 0 Å². The fourth-order valence-electron chi connectivity index (χ4n) is 6.52. The molecule has 1 fully saturated rings. The zero-order valence-corrected chi connectivity index (χ0v) is 19.1. The fourth-order valence-corrected chi connectivity index (χ4v) is 6.52. The number of benzene rings is 2. The Morgan fingerprint density at radius 2 is 1.62 bits per heavy atom. The summed E-state index contributed by atoms with van der Waals surface area (Å²) in [5, 5.41) is 8.22. The summed E-state index contributed by atoms with van der Waals surface area (Å²) >= 11 is 0. The van der Waals surface area contributed by atoms with Crippen molar-refractivity contribution in [1.29, 1.82) is 0 Å². The van der Waals surface area contributed by atoms with Crippen LogP contribution in [-0.4, -0.2) is 34.0 Å². The maximum Gasteiger partial charge on any atom is 0.259 e. The van der Waals surface area contributed by atoms with Crippen molar-refractivity contribution in [2.45, 2.75) is 25.8 Å². The highest BCUT2D eigenvalue weighted by Gasteiger charge is 2.42. The summed E-state index contributed by atoms with van der Waals surface area (Å²) in [6.07, 6.45) is 5.17. The second-order valence-electron chi connectivity index (χ2n) is 10.0. The Labute approximate surface area is 197 Å². The number of nitrogens with zero attached hydrogens (tertiary/aromatic N) is 2. The van der Waals surface area contributed by atoms with Gasteiger partial charge in [-0.2, -0.15) is 0 Å². The largest absolute Gasteiger partial charge is 0.350 e. The maximum atomic E-state index is 13.4. The molecule has 0 saturated carbocycles. The van der Waals surface area contributed by atoms with Crippen LogP contribution in [-0.2, 0) is 29.6 Å². The smallest absolute Gasteiger partial charge is 0.259 e. The molecule has 7 rings (SSSR count). The van der Waals surface area contributed by atoms with E-state index in [9.17, 15) is 9.59 Å². The molecule has 1 unspecified atom stereocenters. The molecule has 1 spiro atoms. The lowest BCUT2D eigenvalue weighted by molar-refractivity contribution is -0.122. The van der Waals surface area contributed by atoms with Gasteiger partial charge in [0.25, 0.3) is 11.8 Å². The molecule has 5 heterocycles. The van der Waals surface area contributed by atoms with Crippen LogP contribution in [0.5, 0.6) is 0 Å². The van der Waals surface area contributed by atoms with Crippen molar-refractivity contribution in [3.63, 3.8) is 0 Å². The predicted molar refractivity (Wildman–Crippen MR) is 133 cm³/mol. The van der Waals surface area contributed by atoms with Crippen LogP contribution in [0.3, 0.4) is 0 Å². The van der Waals surface area contributed by atoms with E-state index in [-0.39, 0.29) is 17.2 Å².